The van der Waals surface area contributed by atoms with E-state index in [1.54, 1.807) is 6.92 Å². The van der Waals surface area contributed by atoms with E-state index < -0.39 is 37.1 Å². The molecule has 0 amide bonds. The van der Waals surface area contributed by atoms with Crippen molar-refractivity contribution in [2.45, 2.75) is 65.2 Å². The van der Waals surface area contributed by atoms with Crippen molar-refractivity contribution < 1.29 is 27.3 Å². The molecule has 0 aliphatic heterocycles. The molecule has 0 aliphatic rings. The second-order valence-electron chi connectivity index (χ2n) is 7.92. The van der Waals surface area contributed by atoms with Crippen molar-refractivity contribution in [3.8, 4) is 0 Å². The Hall–Kier alpha value is -0.749. The van der Waals surface area contributed by atoms with Gasteiger partial charge >= 0.3 is 20.5 Å². The molecule has 0 saturated heterocycles. The van der Waals surface area contributed by atoms with E-state index in [-0.39, 0.29) is 13.2 Å². The summed E-state index contributed by atoms with van der Waals surface area (Å²) in [7, 11) is -5.74. The highest BCUT2D eigenvalue weighted by atomic mass is 28.5. The lowest BCUT2D eigenvalue weighted by atomic mass is 10.5. The number of hydrogen-bond acceptors (Lipinski definition) is 6. The zero-order valence-corrected chi connectivity index (χ0v) is 19.9. The summed E-state index contributed by atoms with van der Waals surface area (Å²) < 4.78 is 22.6. The molecule has 0 fully saturated rings. The smallest absolute Gasteiger partial charge is 0.331 e. The Morgan fingerprint density at radius 2 is 1.24 bits per heavy atom. The van der Waals surface area contributed by atoms with Gasteiger partial charge in [0.05, 0.1) is 13.2 Å². The van der Waals surface area contributed by atoms with E-state index in [0.29, 0.717) is 6.42 Å². The first kappa shape index (κ1) is 24.3. The van der Waals surface area contributed by atoms with Crippen LogP contribution in [-0.4, -0.2) is 50.3 Å². The molecule has 0 radical (unpaired) electrons. The molecule has 0 heterocycles. The fourth-order valence-corrected chi connectivity index (χ4v) is 14.9. The summed E-state index contributed by atoms with van der Waals surface area (Å²) in [5.74, 6) is -1.10. The minimum absolute atomic E-state index is 0.273. The van der Waals surface area contributed by atoms with Crippen LogP contribution in [0.5, 0.6) is 0 Å². The SMILES string of the molecule is CCOC(=O)C=CC(=O)OCCC[Si](C)(O[Si](C)(C)C)O[Si](C)(C)C. The number of carbonyl (C=O) groups is 2. The number of esters is 2. The first-order chi connectivity index (χ1) is 11.3. The summed E-state index contributed by atoms with van der Waals surface area (Å²) in [6.45, 7) is 17.3. The van der Waals surface area contributed by atoms with Crippen molar-refractivity contribution in [3.63, 3.8) is 0 Å². The van der Waals surface area contributed by atoms with Gasteiger partial charge in [-0.05, 0) is 65.2 Å². The predicted octanol–water partition coefficient (Wildman–Crippen LogP) is 3.81. The van der Waals surface area contributed by atoms with Gasteiger partial charge in [-0.15, -0.1) is 0 Å². The number of ether oxygens (including phenoxy) is 2. The first-order valence-electron chi connectivity index (χ1n) is 8.68. The molecule has 146 valence electrons. The molecular weight excluding hydrogens is 372 g/mol. The third-order valence-corrected chi connectivity index (χ3v) is 12.3. The molecule has 0 bridgehead atoms. The van der Waals surface area contributed by atoms with Crippen molar-refractivity contribution in [3.05, 3.63) is 12.2 Å². The lowest BCUT2D eigenvalue weighted by Gasteiger charge is -2.38. The molecule has 6 nitrogen and oxygen atoms in total. The largest absolute Gasteiger partial charge is 0.463 e. The molecular formula is C16H34O6Si3. The van der Waals surface area contributed by atoms with Gasteiger partial charge in [-0.25, -0.2) is 9.59 Å². The van der Waals surface area contributed by atoms with Gasteiger partial charge in [0, 0.05) is 12.2 Å². The third-order valence-electron chi connectivity index (χ3n) is 2.71. The topological polar surface area (TPSA) is 71.1 Å². The van der Waals surface area contributed by atoms with Crippen molar-refractivity contribution >= 4 is 37.1 Å². The zero-order valence-electron chi connectivity index (χ0n) is 16.9. The lowest BCUT2D eigenvalue weighted by molar-refractivity contribution is -0.140. The van der Waals surface area contributed by atoms with Crippen molar-refractivity contribution in [1.29, 1.82) is 0 Å². The highest BCUT2D eigenvalue weighted by Crippen LogP contribution is 2.25. The van der Waals surface area contributed by atoms with Crippen LogP contribution in [0.3, 0.4) is 0 Å². The van der Waals surface area contributed by atoms with E-state index in [1.165, 1.54) is 0 Å². The summed E-state index contributed by atoms with van der Waals surface area (Å²) in [6.07, 6.45) is 2.84. The van der Waals surface area contributed by atoms with Crippen molar-refractivity contribution in [2.75, 3.05) is 13.2 Å². The Balaban J connectivity index is 4.47. The van der Waals surface area contributed by atoms with Crippen molar-refractivity contribution in [1.82, 2.24) is 0 Å². The summed E-state index contributed by atoms with van der Waals surface area (Å²) in [6, 6.07) is 0.774. The fraction of sp³-hybridized carbons (Fsp3) is 0.750. The predicted molar refractivity (Wildman–Crippen MR) is 107 cm³/mol. The van der Waals surface area contributed by atoms with E-state index in [2.05, 4.69) is 45.8 Å². The highest BCUT2D eigenvalue weighted by molar-refractivity contribution is 6.87. The molecule has 9 heteroatoms. The Morgan fingerprint density at radius 1 is 0.800 bits per heavy atom. The van der Waals surface area contributed by atoms with Crippen LogP contribution >= 0.6 is 0 Å². The lowest BCUT2D eigenvalue weighted by Crippen LogP contribution is -2.52. The first-order valence-corrected chi connectivity index (χ1v) is 18.0. The van der Waals surface area contributed by atoms with E-state index in [0.717, 1.165) is 18.2 Å². The third kappa shape index (κ3) is 14.1. The normalized spacial score (nSPS) is 13.1. The van der Waals surface area contributed by atoms with E-state index in [1.807, 2.05) is 0 Å². The maximum atomic E-state index is 11.6. The van der Waals surface area contributed by atoms with Gasteiger partial charge in [-0.1, -0.05) is 0 Å². The molecule has 0 atom stereocenters. The quantitative estimate of drug-likeness (QED) is 0.225. The maximum absolute atomic E-state index is 11.6. The molecule has 0 aromatic rings. The van der Waals surface area contributed by atoms with Crippen LogP contribution in [0.2, 0.25) is 51.9 Å². The number of rotatable bonds is 11. The van der Waals surface area contributed by atoms with Gasteiger partial charge in [0.25, 0.3) is 0 Å². The van der Waals surface area contributed by atoms with E-state index in [9.17, 15) is 9.59 Å². The second kappa shape index (κ2) is 10.4. The Morgan fingerprint density at radius 3 is 1.64 bits per heavy atom. The molecule has 0 aliphatic carbocycles. The minimum atomic E-state index is -2.30. The monoisotopic (exact) mass is 406 g/mol. The molecule has 0 aromatic carbocycles. The summed E-state index contributed by atoms with van der Waals surface area (Å²) >= 11 is 0. The maximum Gasteiger partial charge on any atom is 0.331 e. The number of hydrogen-bond donors (Lipinski definition) is 0. The minimum Gasteiger partial charge on any atom is -0.463 e. The standard InChI is InChI=1S/C16H34O6Si3/c1-9-19-15(17)11-12-16(18)20-13-10-14-25(8,21-23(2,3)4)22-24(5,6)7/h11-12H,9-10,13-14H2,1-8H3. The molecule has 0 unspecified atom stereocenters. The van der Waals surface area contributed by atoms with Crippen molar-refractivity contribution in [2.24, 2.45) is 0 Å². The molecule has 25 heavy (non-hydrogen) atoms. The molecule has 0 aromatic heterocycles. The van der Waals surface area contributed by atoms with E-state index in [4.69, 9.17) is 17.7 Å². The van der Waals surface area contributed by atoms with Gasteiger partial charge < -0.3 is 17.7 Å². The molecule has 0 saturated carbocycles. The molecule has 0 N–H and O–H groups in total. The number of carbonyl (C=O) groups excluding carboxylic acids is 2. The summed E-state index contributed by atoms with van der Waals surface area (Å²) in [5, 5.41) is 0. The Kier molecular flexibility index (Phi) is 10.1. The van der Waals surface area contributed by atoms with Crippen LogP contribution in [0.4, 0.5) is 0 Å². The van der Waals surface area contributed by atoms with Crippen LogP contribution in [0, 0.1) is 0 Å². The highest BCUT2D eigenvalue weighted by Gasteiger charge is 2.39. The van der Waals surface area contributed by atoms with E-state index >= 15 is 0 Å². The van der Waals surface area contributed by atoms with Gasteiger partial charge in [0.2, 0.25) is 0 Å². The van der Waals surface area contributed by atoms with Crippen LogP contribution in [-0.2, 0) is 27.3 Å². The van der Waals surface area contributed by atoms with Gasteiger partial charge in [-0.2, -0.15) is 0 Å². The van der Waals surface area contributed by atoms with Crippen LogP contribution < -0.4 is 0 Å². The average Bonchev–Trinajstić information content (AvgIpc) is 2.37. The van der Waals surface area contributed by atoms with Crippen LogP contribution in [0.15, 0.2) is 12.2 Å². The second-order valence-corrected chi connectivity index (χ2v) is 20.8. The van der Waals surface area contributed by atoms with Gasteiger partial charge in [-0.3, -0.25) is 0 Å². The van der Waals surface area contributed by atoms with Crippen LogP contribution in [0.25, 0.3) is 0 Å². The fourth-order valence-electron chi connectivity index (χ4n) is 2.36. The Bertz CT molecular complexity index is 449. The average molecular weight is 407 g/mol. The van der Waals surface area contributed by atoms with Crippen LogP contribution in [0.1, 0.15) is 13.3 Å². The Labute approximate surface area is 155 Å². The zero-order chi connectivity index (χ0) is 19.7. The van der Waals surface area contributed by atoms with Gasteiger partial charge in [0.15, 0.2) is 16.6 Å². The molecule has 0 spiro atoms. The summed E-state index contributed by atoms with van der Waals surface area (Å²) in [4.78, 5) is 22.7. The summed E-state index contributed by atoms with van der Waals surface area (Å²) in [5.41, 5.74) is 0. The van der Waals surface area contributed by atoms with Gasteiger partial charge in [0.1, 0.15) is 0 Å². The molecule has 0 rings (SSSR count).